The second kappa shape index (κ2) is 13.5. The van der Waals surface area contributed by atoms with Crippen molar-refractivity contribution in [3.8, 4) is 5.75 Å². The highest BCUT2D eigenvalue weighted by atomic mass is 16.5. The van der Waals surface area contributed by atoms with E-state index < -0.39 is 23.5 Å². The number of benzene rings is 2. The van der Waals surface area contributed by atoms with Gasteiger partial charge in [-0.05, 0) is 43.7 Å². The lowest BCUT2D eigenvalue weighted by Gasteiger charge is -2.33. The number of esters is 1. The second-order valence-electron chi connectivity index (χ2n) is 10.1. The number of rotatable bonds is 10. The smallest absolute Gasteiger partial charge is 0.351 e. The number of morpholine rings is 1. The van der Waals surface area contributed by atoms with Gasteiger partial charge in [0.15, 0.2) is 5.82 Å². The van der Waals surface area contributed by atoms with Gasteiger partial charge in [0.05, 0.1) is 38.4 Å². The van der Waals surface area contributed by atoms with Gasteiger partial charge in [-0.3, -0.25) is 25.1 Å². The summed E-state index contributed by atoms with van der Waals surface area (Å²) >= 11 is 0. The quantitative estimate of drug-likeness (QED) is 0.240. The number of methoxy groups -OCH3 is 1. The summed E-state index contributed by atoms with van der Waals surface area (Å²) in [7, 11) is 1.55. The van der Waals surface area contributed by atoms with Gasteiger partial charge in [-0.2, -0.15) is 4.98 Å². The summed E-state index contributed by atoms with van der Waals surface area (Å²) in [6.45, 7) is 7.54. The maximum absolute atomic E-state index is 13.5. The van der Waals surface area contributed by atoms with Gasteiger partial charge in [-0.25, -0.2) is 9.59 Å². The van der Waals surface area contributed by atoms with E-state index >= 15 is 0 Å². The molecule has 1 aromatic heterocycles. The van der Waals surface area contributed by atoms with Crippen molar-refractivity contribution in [3.63, 3.8) is 0 Å². The number of fused-ring (bicyclic) bond motifs is 1. The minimum absolute atomic E-state index is 0.125. The molecule has 1 amide bonds. The van der Waals surface area contributed by atoms with E-state index in [1.54, 1.807) is 49.8 Å². The molecule has 0 aliphatic carbocycles. The molecule has 2 aromatic carbocycles. The molecule has 1 saturated heterocycles. The number of aromatic nitrogens is 2. The van der Waals surface area contributed by atoms with Crippen molar-refractivity contribution in [2.24, 2.45) is 0 Å². The molecule has 0 spiro atoms. The summed E-state index contributed by atoms with van der Waals surface area (Å²) in [5.41, 5.74) is 7.73. The van der Waals surface area contributed by atoms with Crippen LogP contribution in [0.4, 0.5) is 11.6 Å². The Bertz CT molecular complexity index is 1550. The van der Waals surface area contributed by atoms with Crippen molar-refractivity contribution in [2.45, 2.75) is 26.3 Å². The van der Waals surface area contributed by atoms with Gasteiger partial charge < -0.3 is 19.5 Å². The molecule has 5 rings (SSSR count). The number of carbonyl (C=O) groups excluding carboxylic acids is 2. The van der Waals surface area contributed by atoms with Crippen molar-refractivity contribution in [1.29, 1.82) is 0 Å². The molecule has 12 nitrogen and oxygen atoms in total. The minimum atomic E-state index is -0.639. The number of hydrogen-bond acceptors (Lipinski definition) is 10. The highest BCUT2D eigenvalue weighted by Crippen LogP contribution is 2.44. The fourth-order valence-corrected chi connectivity index (χ4v) is 5.34. The molecular weight excluding hydrogens is 552 g/mol. The number of hydrogen-bond donors (Lipinski definition) is 3. The Kier molecular flexibility index (Phi) is 9.38. The second-order valence-corrected chi connectivity index (χ2v) is 10.1. The van der Waals surface area contributed by atoms with Gasteiger partial charge in [0.25, 0.3) is 5.91 Å². The SMILES string of the molecule is CCOC(=O)C1=C(C)Nc2c(c(NNC(=O)c3ccc(OC)cc3)nc(=O)n2CCN2CCOCC2)C1c1ccccc1. The molecule has 0 bridgehead atoms. The molecule has 3 N–H and O–H groups in total. The Morgan fingerprint density at radius 2 is 1.79 bits per heavy atom. The number of nitrogens with zero attached hydrogens (tertiary/aromatic N) is 3. The molecule has 12 heteroatoms. The number of ether oxygens (including phenoxy) is 3. The van der Waals surface area contributed by atoms with E-state index in [1.165, 1.54) is 0 Å². The van der Waals surface area contributed by atoms with Gasteiger partial charge >= 0.3 is 11.7 Å². The zero-order chi connectivity index (χ0) is 30.3. The van der Waals surface area contributed by atoms with Crippen LogP contribution in [0.5, 0.6) is 5.75 Å². The monoisotopic (exact) mass is 588 g/mol. The Morgan fingerprint density at radius 3 is 2.47 bits per heavy atom. The third kappa shape index (κ3) is 6.55. The Labute approximate surface area is 249 Å². The van der Waals surface area contributed by atoms with Crippen LogP contribution >= 0.6 is 0 Å². The predicted molar refractivity (Wildman–Crippen MR) is 161 cm³/mol. The van der Waals surface area contributed by atoms with Crippen LogP contribution in [0.1, 0.15) is 41.3 Å². The summed E-state index contributed by atoms with van der Waals surface area (Å²) in [4.78, 5) is 46.6. The molecular formula is C31H36N6O6. The lowest BCUT2D eigenvalue weighted by atomic mass is 9.82. The molecule has 1 fully saturated rings. The van der Waals surface area contributed by atoms with Gasteiger partial charge in [-0.15, -0.1) is 0 Å². The highest BCUT2D eigenvalue weighted by Gasteiger charge is 2.37. The Balaban J connectivity index is 1.58. The molecule has 1 atom stereocenters. The van der Waals surface area contributed by atoms with E-state index in [4.69, 9.17) is 14.2 Å². The number of allylic oxidation sites excluding steroid dienone is 1. The van der Waals surface area contributed by atoms with E-state index in [9.17, 15) is 14.4 Å². The van der Waals surface area contributed by atoms with Crippen LogP contribution in [0.3, 0.4) is 0 Å². The average molecular weight is 589 g/mol. The summed E-state index contributed by atoms with van der Waals surface area (Å²) in [5.74, 6) is -0.321. The number of carbonyl (C=O) groups is 2. The van der Waals surface area contributed by atoms with E-state index in [0.717, 1.165) is 18.7 Å². The predicted octanol–water partition coefficient (Wildman–Crippen LogP) is 2.74. The molecule has 43 heavy (non-hydrogen) atoms. The normalized spacial score (nSPS) is 16.6. The first kappa shape index (κ1) is 29.8. The van der Waals surface area contributed by atoms with E-state index in [2.05, 4.69) is 26.1 Å². The molecule has 226 valence electrons. The van der Waals surface area contributed by atoms with Crippen LogP contribution in [0.25, 0.3) is 0 Å². The number of anilines is 2. The maximum Gasteiger partial charge on any atom is 0.351 e. The number of hydrazine groups is 1. The van der Waals surface area contributed by atoms with Crippen LogP contribution in [-0.2, 0) is 20.8 Å². The van der Waals surface area contributed by atoms with Crippen molar-refractivity contribution >= 4 is 23.5 Å². The van der Waals surface area contributed by atoms with E-state index in [0.29, 0.717) is 60.3 Å². The molecule has 2 aliphatic heterocycles. The summed E-state index contributed by atoms with van der Waals surface area (Å²) < 4.78 is 17.7. The molecule has 3 aromatic rings. The largest absolute Gasteiger partial charge is 0.497 e. The Morgan fingerprint density at radius 1 is 1.07 bits per heavy atom. The zero-order valence-electron chi connectivity index (χ0n) is 24.5. The first-order chi connectivity index (χ1) is 20.9. The Hall–Kier alpha value is -4.68. The van der Waals surface area contributed by atoms with Crippen molar-refractivity contribution in [3.05, 3.63) is 93.0 Å². The summed E-state index contributed by atoms with van der Waals surface area (Å²) in [6, 6.07) is 16.1. The average Bonchev–Trinajstić information content (AvgIpc) is 3.03. The lowest BCUT2D eigenvalue weighted by molar-refractivity contribution is -0.138. The molecule has 3 heterocycles. The fraction of sp³-hybridized carbons (Fsp3) is 0.355. The number of amides is 1. The molecule has 0 radical (unpaired) electrons. The minimum Gasteiger partial charge on any atom is -0.497 e. The number of nitrogens with one attached hydrogen (secondary N) is 3. The van der Waals surface area contributed by atoms with Crippen LogP contribution < -0.4 is 26.6 Å². The molecule has 2 aliphatic rings. The van der Waals surface area contributed by atoms with Crippen LogP contribution in [0.2, 0.25) is 0 Å². The first-order valence-electron chi connectivity index (χ1n) is 14.3. The van der Waals surface area contributed by atoms with Crippen LogP contribution in [0.15, 0.2) is 70.7 Å². The lowest BCUT2D eigenvalue weighted by Crippen LogP contribution is -2.41. The van der Waals surface area contributed by atoms with Gasteiger partial charge in [0.2, 0.25) is 0 Å². The topological polar surface area (TPSA) is 136 Å². The summed E-state index contributed by atoms with van der Waals surface area (Å²) in [5, 5.41) is 3.31. The first-order valence-corrected chi connectivity index (χ1v) is 14.3. The maximum atomic E-state index is 13.5. The van der Waals surface area contributed by atoms with E-state index in [-0.39, 0.29) is 12.4 Å². The zero-order valence-corrected chi connectivity index (χ0v) is 24.5. The third-order valence-corrected chi connectivity index (χ3v) is 7.52. The van der Waals surface area contributed by atoms with Crippen LogP contribution in [0, 0.1) is 0 Å². The van der Waals surface area contributed by atoms with Crippen LogP contribution in [-0.4, -0.2) is 72.9 Å². The van der Waals surface area contributed by atoms with E-state index in [1.807, 2.05) is 30.3 Å². The van der Waals surface area contributed by atoms with Crippen molar-refractivity contribution < 1.29 is 23.8 Å². The van der Waals surface area contributed by atoms with Gasteiger partial charge in [0, 0.05) is 43.0 Å². The third-order valence-electron chi connectivity index (χ3n) is 7.52. The van der Waals surface area contributed by atoms with Gasteiger partial charge in [0.1, 0.15) is 11.6 Å². The standard InChI is InChI=1S/C31H36N6O6/c1-4-43-30(39)24-20(2)32-28-26(25(24)21-8-6-5-7-9-21)27(34-35-29(38)22-10-12-23(41-3)13-11-22)33-31(40)37(28)15-14-36-16-18-42-19-17-36/h5-13,25,32H,4,14-19H2,1-3H3,(H,35,38)(H,33,34,40). The molecule has 1 unspecified atom stereocenters. The van der Waals surface area contributed by atoms with Crippen molar-refractivity contribution in [1.82, 2.24) is 19.9 Å². The highest BCUT2D eigenvalue weighted by molar-refractivity contribution is 5.96. The summed E-state index contributed by atoms with van der Waals surface area (Å²) in [6.07, 6.45) is 0. The van der Waals surface area contributed by atoms with Gasteiger partial charge in [-0.1, -0.05) is 30.3 Å². The molecule has 0 saturated carbocycles. The van der Waals surface area contributed by atoms with Crippen molar-refractivity contribution in [2.75, 3.05) is 57.3 Å². The fourth-order valence-electron chi connectivity index (χ4n) is 5.34.